The van der Waals surface area contributed by atoms with Crippen LogP contribution in [-0.4, -0.2) is 39.4 Å². The molecule has 3 N–H and O–H groups in total. The van der Waals surface area contributed by atoms with Gasteiger partial charge in [0.2, 0.25) is 10.0 Å². The van der Waals surface area contributed by atoms with Crippen LogP contribution in [0.3, 0.4) is 0 Å². The third-order valence-corrected chi connectivity index (χ3v) is 4.88. The van der Waals surface area contributed by atoms with E-state index in [1.54, 1.807) is 12.4 Å². The van der Waals surface area contributed by atoms with E-state index in [-0.39, 0.29) is 17.3 Å². The molecule has 0 spiro atoms. The Bertz CT molecular complexity index is 804. The first-order valence-electron chi connectivity index (χ1n) is 7.40. The first-order chi connectivity index (χ1) is 11.4. The number of nitrogens with zero attached hydrogens (tertiary/aromatic N) is 1. The van der Waals surface area contributed by atoms with Crippen molar-refractivity contribution < 1.29 is 13.2 Å². The molecule has 1 aromatic heterocycles. The maximum absolute atomic E-state index is 12.2. The molecule has 0 aliphatic carbocycles. The highest BCUT2D eigenvalue weighted by molar-refractivity contribution is 7.89. The number of aromatic nitrogens is 1. The second kappa shape index (κ2) is 7.89. The molecule has 2 rings (SSSR count). The van der Waals surface area contributed by atoms with E-state index < -0.39 is 10.0 Å². The minimum absolute atomic E-state index is 0.121. The Kier molecular flexibility index (Phi) is 5.88. The number of carbonyl (C=O) groups is 1. The van der Waals surface area contributed by atoms with Crippen LogP contribution in [0, 0.1) is 6.92 Å². The number of aryl methyl sites for hydroxylation is 1. The number of pyridine rings is 1. The topological polar surface area (TPSA) is 100 Å². The van der Waals surface area contributed by atoms with Crippen molar-refractivity contribution in [2.45, 2.75) is 11.8 Å². The van der Waals surface area contributed by atoms with Gasteiger partial charge >= 0.3 is 0 Å². The Morgan fingerprint density at radius 1 is 1.12 bits per heavy atom. The monoisotopic (exact) mass is 348 g/mol. The third-order valence-electron chi connectivity index (χ3n) is 3.41. The van der Waals surface area contributed by atoms with Gasteiger partial charge < -0.3 is 10.6 Å². The van der Waals surface area contributed by atoms with E-state index in [2.05, 4.69) is 20.3 Å². The second-order valence-corrected chi connectivity index (χ2v) is 6.89. The molecule has 0 aliphatic rings. The van der Waals surface area contributed by atoms with E-state index in [0.29, 0.717) is 12.1 Å². The van der Waals surface area contributed by atoms with Crippen LogP contribution in [-0.2, 0) is 10.0 Å². The second-order valence-electron chi connectivity index (χ2n) is 5.12. The summed E-state index contributed by atoms with van der Waals surface area (Å²) in [4.78, 5) is 15.6. The molecule has 7 nitrogen and oxygen atoms in total. The molecule has 1 aromatic carbocycles. The molecule has 8 heteroatoms. The van der Waals surface area contributed by atoms with E-state index >= 15 is 0 Å². The van der Waals surface area contributed by atoms with Crippen LogP contribution >= 0.6 is 0 Å². The third kappa shape index (κ3) is 4.53. The molecule has 0 radical (unpaired) electrons. The summed E-state index contributed by atoms with van der Waals surface area (Å²) in [6.07, 6.45) is 3.41. The first-order valence-corrected chi connectivity index (χ1v) is 8.88. The summed E-state index contributed by atoms with van der Waals surface area (Å²) in [7, 11) is -2.09. The Morgan fingerprint density at radius 2 is 1.83 bits per heavy atom. The average molecular weight is 348 g/mol. The van der Waals surface area contributed by atoms with Crippen molar-refractivity contribution in [2.75, 3.05) is 25.5 Å². The molecular weight excluding hydrogens is 328 g/mol. The zero-order chi connectivity index (χ0) is 17.6. The van der Waals surface area contributed by atoms with Gasteiger partial charge in [0.05, 0.1) is 4.90 Å². The normalized spacial score (nSPS) is 11.1. The molecule has 1 amide bonds. The summed E-state index contributed by atoms with van der Waals surface area (Å²) in [5.74, 6) is -0.260. The number of anilines is 1. The van der Waals surface area contributed by atoms with Crippen LogP contribution in [0.25, 0.3) is 0 Å². The van der Waals surface area contributed by atoms with Gasteiger partial charge in [0.1, 0.15) is 0 Å². The number of nitrogens with one attached hydrogen (secondary N) is 3. The number of carbonyl (C=O) groups excluding carboxylic acids is 1. The molecule has 0 fully saturated rings. The van der Waals surface area contributed by atoms with E-state index in [9.17, 15) is 13.2 Å². The SMILES string of the molecule is CNC(=O)c1ccc(S(=O)(=O)NCCNc2ccncc2C)cc1. The van der Waals surface area contributed by atoms with Crippen molar-refractivity contribution in [1.82, 2.24) is 15.0 Å². The molecular formula is C16H20N4O3S. The molecule has 2 aromatic rings. The lowest BCUT2D eigenvalue weighted by molar-refractivity contribution is 0.0963. The van der Waals surface area contributed by atoms with Crippen LogP contribution in [0.2, 0.25) is 0 Å². The van der Waals surface area contributed by atoms with Gasteiger partial charge in [-0.2, -0.15) is 0 Å². The van der Waals surface area contributed by atoms with E-state index in [1.165, 1.54) is 31.3 Å². The molecule has 0 bridgehead atoms. The quantitative estimate of drug-likeness (QED) is 0.652. The zero-order valence-electron chi connectivity index (χ0n) is 13.5. The Morgan fingerprint density at radius 3 is 2.46 bits per heavy atom. The lowest BCUT2D eigenvalue weighted by Gasteiger charge is -2.10. The van der Waals surface area contributed by atoms with Crippen LogP contribution < -0.4 is 15.4 Å². The van der Waals surface area contributed by atoms with Crippen molar-refractivity contribution in [3.63, 3.8) is 0 Å². The van der Waals surface area contributed by atoms with Crippen LogP contribution in [0.1, 0.15) is 15.9 Å². The first kappa shape index (κ1) is 17.9. The van der Waals surface area contributed by atoms with Crippen molar-refractivity contribution in [1.29, 1.82) is 0 Å². The van der Waals surface area contributed by atoms with Crippen molar-refractivity contribution in [3.05, 3.63) is 53.9 Å². The van der Waals surface area contributed by atoms with Crippen molar-refractivity contribution in [2.24, 2.45) is 0 Å². The molecule has 0 aliphatic heterocycles. The molecule has 1 heterocycles. The highest BCUT2D eigenvalue weighted by Crippen LogP contribution is 2.12. The summed E-state index contributed by atoms with van der Waals surface area (Å²) in [6, 6.07) is 7.61. The van der Waals surface area contributed by atoms with Crippen LogP contribution in [0.5, 0.6) is 0 Å². The van der Waals surface area contributed by atoms with Gasteiger partial charge in [-0.3, -0.25) is 9.78 Å². The highest BCUT2D eigenvalue weighted by atomic mass is 32.2. The lowest BCUT2D eigenvalue weighted by Crippen LogP contribution is -2.29. The van der Waals surface area contributed by atoms with Gasteiger partial charge in [0, 0.05) is 43.8 Å². The minimum Gasteiger partial charge on any atom is -0.383 e. The maximum atomic E-state index is 12.2. The van der Waals surface area contributed by atoms with Crippen LogP contribution in [0.4, 0.5) is 5.69 Å². The van der Waals surface area contributed by atoms with E-state index in [0.717, 1.165) is 11.3 Å². The lowest BCUT2D eigenvalue weighted by atomic mass is 10.2. The number of rotatable bonds is 7. The fraction of sp³-hybridized carbons (Fsp3) is 0.250. The van der Waals surface area contributed by atoms with E-state index in [4.69, 9.17) is 0 Å². The molecule has 128 valence electrons. The Balaban J connectivity index is 1.91. The number of benzene rings is 1. The fourth-order valence-electron chi connectivity index (χ4n) is 2.07. The molecule has 0 saturated heterocycles. The number of amides is 1. The van der Waals surface area contributed by atoms with Gasteiger partial charge in [0.25, 0.3) is 5.91 Å². The van der Waals surface area contributed by atoms with E-state index in [1.807, 2.05) is 13.0 Å². The summed E-state index contributed by atoms with van der Waals surface area (Å²) < 4.78 is 26.9. The standard InChI is InChI=1S/C16H20N4O3S/c1-12-11-18-8-7-15(12)19-9-10-20-24(22,23)14-5-3-13(4-6-14)16(21)17-2/h3-8,11,20H,9-10H2,1-2H3,(H,17,21)(H,18,19). The Labute approximate surface area is 141 Å². The van der Waals surface area contributed by atoms with Gasteiger partial charge in [-0.15, -0.1) is 0 Å². The number of hydrogen-bond acceptors (Lipinski definition) is 5. The average Bonchev–Trinajstić information content (AvgIpc) is 2.59. The van der Waals surface area contributed by atoms with Gasteiger partial charge in [0.15, 0.2) is 0 Å². The zero-order valence-corrected chi connectivity index (χ0v) is 14.4. The van der Waals surface area contributed by atoms with Gasteiger partial charge in [-0.25, -0.2) is 13.1 Å². The molecule has 0 unspecified atom stereocenters. The maximum Gasteiger partial charge on any atom is 0.251 e. The van der Waals surface area contributed by atoms with Crippen LogP contribution in [0.15, 0.2) is 47.6 Å². The predicted molar refractivity (Wildman–Crippen MR) is 92.5 cm³/mol. The minimum atomic E-state index is -3.61. The highest BCUT2D eigenvalue weighted by Gasteiger charge is 2.14. The number of sulfonamides is 1. The van der Waals surface area contributed by atoms with Gasteiger partial charge in [-0.1, -0.05) is 0 Å². The number of hydrogen-bond donors (Lipinski definition) is 3. The van der Waals surface area contributed by atoms with Crippen molar-refractivity contribution in [3.8, 4) is 0 Å². The summed E-state index contributed by atoms with van der Waals surface area (Å²) in [5.41, 5.74) is 2.32. The summed E-state index contributed by atoms with van der Waals surface area (Å²) in [6.45, 7) is 2.61. The molecule has 24 heavy (non-hydrogen) atoms. The largest absolute Gasteiger partial charge is 0.383 e. The smallest absolute Gasteiger partial charge is 0.251 e. The molecule has 0 atom stereocenters. The van der Waals surface area contributed by atoms with Crippen molar-refractivity contribution >= 4 is 21.6 Å². The summed E-state index contributed by atoms with van der Waals surface area (Å²) in [5, 5.41) is 5.63. The fourth-order valence-corrected chi connectivity index (χ4v) is 3.10. The molecule has 0 saturated carbocycles. The van der Waals surface area contributed by atoms with Gasteiger partial charge in [-0.05, 0) is 42.8 Å². The Hall–Kier alpha value is -2.45. The summed E-state index contributed by atoms with van der Waals surface area (Å²) >= 11 is 0. The predicted octanol–water partition coefficient (Wildman–Crippen LogP) is 1.14.